The molecule has 0 fully saturated rings. The quantitative estimate of drug-likeness (QED) is 0.429. The lowest BCUT2D eigenvalue weighted by atomic mass is 9.99. The summed E-state index contributed by atoms with van der Waals surface area (Å²) < 4.78 is 11.1. The van der Waals surface area contributed by atoms with Crippen LogP contribution in [0.3, 0.4) is 0 Å². The van der Waals surface area contributed by atoms with Gasteiger partial charge in [-0.25, -0.2) is 0 Å². The summed E-state index contributed by atoms with van der Waals surface area (Å²) in [6.07, 6.45) is 1.60. The maximum Gasteiger partial charge on any atom is 0.315 e. The molecule has 0 aliphatic carbocycles. The maximum atomic E-state index is 11.8. The number of ether oxygens (including phenoxy) is 2. The molecule has 0 saturated carbocycles. The van der Waals surface area contributed by atoms with Crippen LogP contribution >= 0.6 is 0 Å². The summed E-state index contributed by atoms with van der Waals surface area (Å²) in [5.41, 5.74) is 4.65. The normalized spacial score (nSPS) is 13.6. The van der Waals surface area contributed by atoms with Crippen molar-refractivity contribution in [3.63, 3.8) is 0 Å². The van der Waals surface area contributed by atoms with Crippen LogP contribution in [0.25, 0.3) is 11.3 Å². The average molecular weight is 422 g/mol. The first kappa shape index (κ1) is 20.9. The van der Waals surface area contributed by atoms with Crippen molar-refractivity contribution in [3.05, 3.63) is 69.4 Å². The zero-order valence-corrected chi connectivity index (χ0v) is 17.8. The van der Waals surface area contributed by atoms with Crippen LogP contribution in [0.15, 0.2) is 42.5 Å². The number of aromatic nitrogens is 2. The van der Waals surface area contributed by atoms with Gasteiger partial charge in [0.25, 0.3) is 0 Å². The van der Waals surface area contributed by atoms with Crippen LogP contribution in [0.4, 0.5) is 5.69 Å². The average Bonchev–Trinajstić information content (AvgIpc) is 3.21. The van der Waals surface area contributed by atoms with E-state index in [1.165, 1.54) is 18.7 Å². The number of nitro groups is 1. The molecule has 0 bridgehead atoms. The van der Waals surface area contributed by atoms with Crippen LogP contribution < -0.4 is 9.47 Å². The molecular formula is C23H26N4O4. The van der Waals surface area contributed by atoms with E-state index in [1.807, 2.05) is 25.1 Å². The van der Waals surface area contributed by atoms with Crippen molar-refractivity contribution in [2.75, 3.05) is 20.3 Å². The van der Waals surface area contributed by atoms with E-state index in [1.54, 1.807) is 6.07 Å². The molecule has 2 heterocycles. The van der Waals surface area contributed by atoms with E-state index in [2.05, 4.69) is 27.2 Å². The van der Waals surface area contributed by atoms with Gasteiger partial charge in [0.1, 0.15) is 0 Å². The van der Waals surface area contributed by atoms with Crippen LogP contribution in [-0.4, -0.2) is 40.3 Å². The molecule has 0 spiro atoms. The zero-order valence-electron chi connectivity index (χ0n) is 17.8. The monoisotopic (exact) mass is 422 g/mol. The first-order valence-electron chi connectivity index (χ1n) is 10.4. The first-order valence-corrected chi connectivity index (χ1v) is 10.4. The number of aromatic amines is 1. The van der Waals surface area contributed by atoms with Gasteiger partial charge in [0.2, 0.25) is 5.75 Å². The molecule has 8 nitrogen and oxygen atoms in total. The summed E-state index contributed by atoms with van der Waals surface area (Å²) in [6, 6.07) is 13.6. The van der Waals surface area contributed by atoms with Crippen molar-refractivity contribution in [1.29, 1.82) is 0 Å². The fraction of sp³-hybridized carbons (Fsp3) is 0.348. The van der Waals surface area contributed by atoms with Crippen molar-refractivity contribution < 1.29 is 14.4 Å². The molecule has 4 rings (SSSR count). The highest BCUT2D eigenvalue weighted by molar-refractivity contribution is 5.73. The Morgan fingerprint density at radius 2 is 2.06 bits per heavy atom. The van der Waals surface area contributed by atoms with Crippen LogP contribution in [0.2, 0.25) is 0 Å². The Morgan fingerprint density at radius 1 is 1.26 bits per heavy atom. The van der Waals surface area contributed by atoms with Gasteiger partial charge in [-0.05, 0) is 18.1 Å². The molecule has 0 amide bonds. The third-order valence-corrected chi connectivity index (χ3v) is 5.44. The van der Waals surface area contributed by atoms with Gasteiger partial charge < -0.3 is 9.47 Å². The lowest BCUT2D eigenvalue weighted by Crippen LogP contribution is -2.29. The number of hydrogen-bond acceptors (Lipinski definition) is 6. The summed E-state index contributed by atoms with van der Waals surface area (Å²) in [4.78, 5) is 13.7. The number of rotatable bonds is 8. The van der Waals surface area contributed by atoms with Crippen LogP contribution in [0.1, 0.15) is 30.2 Å². The van der Waals surface area contributed by atoms with Gasteiger partial charge in [0.15, 0.2) is 5.75 Å². The van der Waals surface area contributed by atoms with Crippen LogP contribution in [0.5, 0.6) is 11.5 Å². The van der Waals surface area contributed by atoms with E-state index in [9.17, 15) is 10.1 Å². The van der Waals surface area contributed by atoms with Crippen molar-refractivity contribution in [3.8, 4) is 22.8 Å². The molecule has 1 aliphatic rings. The third-order valence-electron chi connectivity index (χ3n) is 5.44. The molecule has 2 aromatic carbocycles. The number of nitro benzene ring substituents is 1. The Bertz CT molecular complexity index is 1060. The van der Waals surface area contributed by atoms with Gasteiger partial charge in [-0.15, -0.1) is 0 Å². The molecule has 8 heteroatoms. The molecule has 3 aromatic rings. The topological polar surface area (TPSA) is 93.5 Å². The largest absolute Gasteiger partial charge is 0.493 e. The minimum atomic E-state index is -0.433. The molecule has 1 aromatic heterocycles. The number of benzene rings is 2. The minimum absolute atomic E-state index is 0.114. The summed E-state index contributed by atoms with van der Waals surface area (Å²) >= 11 is 0. The molecule has 0 unspecified atom stereocenters. The van der Waals surface area contributed by atoms with Crippen LogP contribution in [0, 0.1) is 10.1 Å². The number of hydrogen-bond donors (Lipinski definition) is 1. The highest BCUT2D eigenvalue weighted by Crippen LogP contribution is 2.42. The van der Waals surface area contributed by atoms with Gasteiger partial charge in [-0.3, -0.25) is 20.1 Å². The van der Waals surface area contributed by atoms with Gasteiger partial charge in [0.05, 0.1) is 24.3 Å². The Kier molecular flexibility index (Phi) is 6.18. The van der Waals surface area contributed by atoms with Gasteiger partial charge in [-0.2, -0.15) is 5.10 Å². The van der Waals surface area contributed by atoms with E-state index >= 15 is 0 Å². The maximum absolute atomic E-state index is 11.8. The fourth-order valence-electron chi connectivity index (χ4n) is 3.93. The second-order valence-corrected chi connectivity index (χ2v) is 7.61. The second kappa shape index (κ2) is 9.18. The Morgan fingerprint density at radius 3 is 2.77 bits per heavy atom. The van der Waals surface area contributed by atoms with Gasteiger partial charge in [-0.1, -0.05) is 37.3 Å². The van der Waals surface area contributed by atoms with Crippen LogP contribution in [-0.2, 0) is 19.5 Å². The molecule has 0 radical (unpaired) electrons. The van der Waals surface area contributed by atoms with Crippen molar-refractivity contribution >= 4 is 5.69 Å². The molecular weight excluding hydrogens is 396 g/mol. The zero-order chi connectivity index (χ0) is 21.8. The smallest absolute Gasteiger partial charge is 0.315 e. The van der Waals surface area contributed by atoms with Gasteiger partial charge >= 0.3 is 5.69 Å². The lowest BCUT2D eigenvalue weighted by Gasteiger charge is -2.27. The highest BCUT2D eigenvalue weighted by atomic mass is 16.6. The Hall–Kier alpha value is -3.39. The number of fused-ring (bicyclic) bond motifs is 1. The van der Waals surface area contributed by atoms with E-state index in [0.29, 0.717) is 17.9 Å². The van der Waals surface area contributed by atoms with E-state index < -0.39 is 4.92 Å². The van der Waals surface area contributed by atoms with E-state index in [0.717, 1.165) is 49.4 Å². The molecule has 1 aliphatic heterocycles. The van der Waals surface area contributed by atoms with E-state index in [4.69, 9.17) is 9.47 Å². The minimum Gasteiger partial charge on any atom is -0.493 e. The Labute approximate surface area is 180 Å². The summed E-state index contributed by atoms with van der Waals surface area (Å²) in [5.74, 6) is 0.500. The molecule has 162 valence electrons. The summed E-state index contributed by atoms with van der Waals surface area (Å²) in [6.45, 7) is 4.82. The van der Waals surface area contributed by atoms with Crippen molar-refractivity contribution in [2.24, 2.45) is 0 Å². The molecule has 0 saturated heterocycles. The Balaban J connectivity index is 1.68. The molecule has 31 heavy (non-hydrogen) atoms. The molecule has 0 atom stereocenters. The van der Waals surface area contributed by atoms with E-state index in [-0.39, 0.29) is 11.4 Å². The fourth-order valence-corrected chi connectivity index (χ4v) is 3.93. The molecule has 1 N–H and O–H groups in total. The third kappa shape index (κ3) is 4.39. The number of methoxy groups -OCH3 is 1. The highest BCUT2D eigenvalue weighted by Gasteiger charge is 2.27. The standard InChI is InChI=1S/C23H26N4O4/c1-3-11-31-23-20(27(28)29)12-17(13-21(23)30-2)22-18-15-26(10-9-19(18)24-25-22)14-16-7-5-4-6-8-16/h4-8,12-13H,3,9-11,14-15H2,1-2H3,(H,24,25). The van der Waals surface area contributed by atoms with Gasteiger partial charge in [0, 0.05) is 48.9 Å². The first-order chi connectivity index (χ1) is 15.1. The summed E-state index contributed by atoms with van der Waals surface area (Å²) in [7, 11) is 1.49. The lowest BCUT2D eigenvalue weighted by molar-refractivity contribution is -0.385. The van der Waals surface area contributed by atoms with Crippen molar-refractivity contribution in [2.45, 2.75) is 32.9 Å². The predicted octanol–water partition coefficient (Wildman–Crippen LogP) is 4.34. The number of H-pyrrole nitrogens is 1. The SMILES string of the molecule is CCCOc1c(OC)cc(-c2n[nH]c3c2CN(Cc2ccccc2)CC3)cc1[N+](=O)[O-]. The number of nitrogens with one attached hydrogen (secondary N) is 1. The number of nitrogens with zero attached hydrogens (tertiary/aromatic N) is 3. The predicted molar refractivity (Wildman–Crippen MR) is 117 cm³/mol. The second-order valence-electron chi connectivity index (χ2n) is 7.61. The van der Waals surface area contributed by atoms with Crippen molar-refractivity contribution in [1.82, 2.24) is 15.1 Å². The summed E-state index contributed by atoms with van der Waals surface area (Å²) in [5, 5.41) is 19.4.